The Morgan fingerprint density at radius 2 is 1.94 bits per heavy atom. The number of H-pyrrole nitrogens is 1. The van der Waals surface area contributed by atoms with Crippen molar-refractivity contribution in [1.82, 2.24) is 19.6 Å². The molecule has 4 rings (SSSR count). The van der Waals surface area contributed by atoms with Gasteiger partial charge < -0.3 is 15.2 Å². The maximum Gasteiger partial charge on any atom is 0.241 e. The van der Waals surface area contributed by atoms with E-state index in [9.17, 15) is 13.2 Å². The summed E-state index contributed by atoms with van der Waals surface area (Å²) >= 11 is 0. The first-order valence-corrected chi connectivity index (χ1v) is 12.9. The van der Waals surface area contributed by atoms with Crippen LogP contribution in [0, 0.1) is 5.92 Å². The molecular formula is C24H31N5O3S. The number of benzene rings is 2. The molecule has 1 amide bonds. The van der Waals surface area contributed by atoms with E-state index in [1.807, 2.05) is 24.3 Å². The number of carbonyl (C=O) groups is 1. The lowest BCUT2D eigenvalue weighted by molar-refractivity contribution is -0.134. The number of sulfonamides is 1. The highest BCUT2D eigenvalue weighted by molar-refractivity contribution is 7.89. The molecule has 0 bridgehead atoms. The summed E-state index contributed by atoms with van der Waals surface area (Å²) in [5.74, 6) is 1.09. The Labute approximate surface area is 194 Å². The fraction of sp³-hybridized carbons (Fsp3) is 0.417. The van der Waals surface area contributed by atoms with E-state index in [-0.39, 0.29) is 10.8 Å². The van der Waals surface area contributed by atoms with Gasteiger partial charge in [0.25, 0.3) is 0 Å². The van der Waals surface area contributed by atoms with E-state index in [4.69, 9.17) is 0 Å². The van der Waals surface area contributed by atoms with Crippen molar-refractivity contribution < 1.29 is 13.2 Å². The Bertz CT molecular complexity index is 1170. The summed E-state index contributed by atoms with van der Waals surface area (Å²) in [6, 6.07) is 11.8. The maximum atomic E-state index is 13.3. The van der Waals surface area contributed by atoms with E-state index in [2.05, 4.69) is 26.9 Å². The van der Waals surface area contributed by atoms with Gasteiger partial charge >= 0.3 is 0 Å². The van der Waals surface area contributed by atoms with Crippen LogP contribution in [0.15, 0.2) is 59.8 Å². The second-order valence-corrected chi connectivity index (χ2v) is 10.4. The Morgan fingerprint density at radius 3 is 2.67 bits per heavy atom. The minimum Gasteiger partial charge on any atom is -0.356 e. The monoisotopic (exact) mass is 469 g/mol. The van der Waals surface area contributed by atoms with Crippen LogP contribution in [0.5, 0.6) is 0 Å². The van der Waals surface area contributed by atoms with Gasteiger partial charge in [-0.05, 0) is 54.5 Å². The lowest BCUT2D eigenvalue weighted by atomic mass is 9.98. The SMILES string of the molecule is CC1CCN(C(=O)[C@H](CCCNc2ncc[nH]2)NS(=O)(=O)c2ccc3ccccc3c2)CC1. The van der Waals surface area contributed by atoms with Gasteiger partial charge in [-0.25, -0.2) is 13.4 Å². The van der Waals surface area contributed by atoms with Gasteiger partial charge in [0, 0.05) is 32.0 Å². The predicted molar refractivity (Wildman–Crippen MR) is 129 cm³/mol. The number of anilines is 1. The third kappa shape index (κ3) is 5.91. The van der Waals surface area contributed by atoms with E-state index < -0.39 is 16.1 Å². The number of piperidine rings is 1. The second-order valence-electron chi connectivity index (χ2n) is 8.70. The smallest absolute Gasteiger partial charge is 0.241 e. The zero-order valence-corrected chi connectivity index (χ0v) is 19.6. The van der Waals surface area contributed by atoms with Crippen LogP contribution in [0.3, 0.4) is 0 Å². The Morgan fingerprint density at radius 1 is 1.18 bits per heavy atom. The van der Waals surface area contributed by atoms with Crippen molar-refractivity contribution in [1.29, 1.82) is 0 Å². The van der Waals surface area contributed by atoms with Crippen LogP contribution >= 0.6 is 0 Å². The Hall–Kier alpha value is -2.91. The molecule has 2 heterocycles. The number of carbonyl (C=O) groups excluding carboxylic acids is 1. The lowest BCUT2D eigenvalue weighted by Gasteiger charge is -2.33. The van der Waals surface area contributed by atoms with Gasteiger partial charge in [0.1, 0.15) is 6.04 Å². The molecule has 1 atom stereocenters. The minimum absolute atomic E-state index is 0.149. The molecule has 1 aliphatic rings. The van der Waals surface area contributed by atoms with Gasteiger partial charge in [0.2, 0.25) is 15.9 Å². The molecule has 3 N–H and O–H groups in total. The highest BCUT2D eigenvalue weighted by Gasteiger charge is 2.30. The molecule has 1 aromatic heterocycles. The number of fused-ring (bicyclic) bond motifs is 1. The number of aromatic nitrogens is 2. The first-order valence-electron chi connectivity index (χ1n) is 11.5. The first kappa shape index (κ1) is 23.3. The molecule has 0 radical (unpaired) electrons. The summed E-state index contributed by atoms with van der Waals surface area (Å²) < 4.78 is 29.2. The van der Waals surface area contributed by atoms with Crippen molar-refractivity contribution in [3.05, 3.63) is 54.9 Å². The van der Waals surface area contributed by atoms with Crippen LogP contribution in [-0.4, -0.2) is 54.9 Å². The second kappa shape index (κ2) is 10.4. The average Bonchev–Trinajstić information content (AvgIpc) is 3.34. The number of aromatic amines is 1. The third-order valence-electron chi connectivity index (χ3n) is 6.18. The normalized spacial score (nSPS) is 16.1. The highest BCUT2D eigenvalue weighted by Crippen LogP contribution is 2.21. The van der Waals surface area contributed by atoms with Gasteiger partial charge in [-0.2, -0.15) is 4.72 Å². The van der Waals surface area contributed by atoms with E-state index in [1.165, 1.54) is 0 Å². The summed E-state index contributed by atoms with van der Waals surface area (Å²) in [7, 11) is -3.86. The fourth-order valence-corrected chi connectivity index (χ4v) is 5.41. The van der Waals surface area contributed by atoms with E-state index in [0.717, 1.165) is 23.6 Å². The number of nitrogens with one attached hydrogen (secondary N) is 3. The van der Waals surface area contributed by atoms with Crippen LogP contribution in [0.1, 0.15) is 32.6 Å². The number of hydrogen-bond donors (Lipinski definition) is 3. The summed E-state index contributed by atoms with van der Waals surface area (Å²) in [5, 5.41) is 4.96. The van der Waals surface area contributed by atoms with E-state index >= 15 is 0 Å². The summed E-state index contributed by atoms with van der Waals surface area (Å²) in [6.45, 7) is 4.09. The molecule has 2 aromatic carbocycles. The number of imidazole rings is 1. The molecule has 0 aliphatic carbocycles. The van der Waals surface area contributed by atoms with Crippen LogP contribution < -0.4 is 10.0 Å². The molecule has 1 saturated heterocycles. The zero-order valence-electron chi connectivity index (χ0n) is 18.8. The molecule has 0 unspecified atom stereocenters. The summed E-state index contributed by atoms with van der Waals surface area (Å²) in [6.07, 6.45) is 6.27. The lowest BCUT2D eigenvalue weighted by Crippen LogP contribution is -2.50. The quantitative estimate of drug-likeness (QED) is 0.417. The average molecular weight is 470 g/mol. The zero-order chi connectivity index (χ0) is 23.3. The van der Waals surface area contributed by atoms with E-state index in [0.29, 0.717) is 44.3 Å². The molecule has 176 valence electrons. The van der Waals surface area contributed by atoms with Gasteiger partial charge in [0.05, 0.1) is 4.90 Å². The number of likely N-dealkylation sites (tertiary alicyclic amines) is 1. The van der Waals surface area contributed by atoms with Gasteiger partial charge in [-0.15, -0.1) is 0 Å². The van der Waals surface area contributed by atoms with Crippen LogP contribution in [0.4, 0.5) is 5.95 Å². The highest BCUT2D eigenvalue weighted by atomic mass is 32.2. The van der Waals surface area contributed by atoms with Crippen LogP contribution in [-0.2, 0) is 14.8 Å². The molecule has 9 heteroatoms. The van der Waals surface area contributed by atoms with Crippen molar-refractivity contribution in [3.63, 3.8) is 0 Å². The third-order valence-corrected chi connectivity index (χ3v) is 7.65. The van der Waals surface area contributed by atoms with Crippen molar-refractivity contribution in [2.45, 2.75) is 43.5 Å². The number of rotatable bonds is 9. The van der Waals surface area contributed by atoms with Crippen molar-refractivity contribution >= 4 is 32.7 Å². The maximum absolute atomic E-state index is 13.3. The predicted octanol–water partition coefficient (Wildman–Crippen LogP) is 3.36. The standard InChI is InChI=1S/C24H31N5O3S/c1-18-10-15-29(16-11-18)23(30)22(7-4-12-25-24-26-13-14-27-24)28-33(31,32)21-9-8-19-5-2-3-6-20(19)17-21/h2-3,5-6,8-9,13-14,17-18,22,28H,4,7,10-12,15-16H2,1H3,(H2,25,26,27)/t22-/m0/s1. The minimum atomic E-state index is -3.86. The summed E-state index contributed by atoms with van der Waals surface area (Å²) in [4.78, 5) is 22.4. The number of hydrogen-bond acceptors (Lipinski definition) is 5. The number of amides is 1. The fourth-order valence-electron chi connectivity index (χ4n) is 4.15. The van der Waals surface area contributed by atoms with Gasteiger partial charge in [-0.3, -0.25) is 4.79 Å². The Kier molecular flexibility index (Phi) is 7.29. The topological polar surface area (TPSA) is 107 Å². The molecule has 8 nitrogen and oxygen atoms in total. The van der Waals surface area contributed by atoms with Crippen molar-refractivity contribution in [2.75, 3.05) is 25.0 Å². The molecule has 33 heavy (non-hydrogen) atoms. The number of nitrogens with zero attached hydrogens (tertiary/aromatic N) is 2. The molecule has 0 saturated carbocycles. The first-order chi connectivity index (χ1) is 15.9. The summed E-state index contributed by atoms with van der Waals surface area (Å²) in [5.41, 5.74) is 0. The Balaban J connectivity index is 1.48. The van der Waals surface area contributed by atoms with Gasteiger partial charge in [0.15, 0.2) is 5.95 Å². The molecule has 3 aromatic rings. The van der Waals surface area contributed by atoms with Crippen molar-refractivity contribution in [3.8, 4) is 0 Å². The largest absolute Gasteiger partial charge is 0.356 e. The van der Waals surface area contributed by atoms with Crippen molar-refractivity contribution in [2.24, 2.45) is 5.92 Å². The molecule has 0 spiro atoms. The van der Waals surface area contributed by atoms with E-state index in [1.54, 1.807) is 35.5 Å². The molecular weight excluding hydrogens is 438 g/mol. The van der Waals surface area contributed by atoms with Gasteiger partial charge in [-0.1, -0.05) is 37.3 Å². The molecule has 1 aliphatic heterocycles. The van der Waals surface area contributed by atoms with Crippen LogP contribution in [0.2, 0.25) is 0 Å². The molecule has 1 fully saturated rings. The van der Waals surface area contributed by atoms with Crippen LogP contribution in [0.25, 0.3) is 10.8 Å².